The number of amides is 1. The zero-order valence-corrected chi connectivity index (χ0v) is 21.6. The first kappa shape index (κ1) is 31.7. The van der Waals surface area contributed by atoms with Gasteiger partial charge >= 0.3 is 21.3 Å². The summed E-state index contributed by atoms with van der Waals surface area (Å²) in [4.78, 5) is 56.4. The fourth-order valence-corrected chi connectivity index (χ4v) is 5.92. The average molecular weight is 609 g/mol. The van der Waals surface area contributed by atoms with Crippen LogP contribution in [0, 0.1) is 0 Å². The SMILES string of the molecule is C[14C](=O)N[C@H]1[C@@H](OP(=O)(O)OP(=O)(O)OC[C@H]2O[C@@H](n3ccc(=O)[nH]c3=O)[C@H](O)[C@@H]2O)O[C@H](CO)[C@@H](O)[C@@H]1O. The fourth-order valence-electron chi connectivity index (χ4n) is 3.76. The quantitative estimate of drug-likeness (QED) is 0.113. The maximum absolute atomic E-state index is 12.4. The molecule has 2 aliphatic rings. The minimum absolute atomic E-state index is 0.723. The summed E-state index contributed by atoms with van der Waals surface area (Å²) in [7, 11) is -11.1. The van der Waals surface area contributed by atoms with Gasteiger partial charge in [0.15, 0.2) is 12.5 Å². The number of carbonyl (C=O) groups excluding carboxylic acids is 1. The summed E-state index contributed by atoms with van der Waals surface area (Å²) >= 11 is 0. The predicted molar refractivity (Wildman–Crippen MR) is 120 cm³/mol. The van der Waals surface area contributed by atoms with Crippen LogP contribution in [0.3, 0.4) is 0 Å². The molecule has 3 rings (SSSR count). The summed E-state index contributed by atoms with van der Waals surface area (Å²) in [5.41, 5.74) is -1.75. The third kappa shape index (κ3) is 7.66. The second-order valence-electron chi connectivity index (χ2n) is 8.42. The molecule has 1 aromatic heterocycles. The number of nitrogens with one attached hydrogen (secondary N) is 2. The third-order valence-electron chi connectivity index (χ3n) is 5.56. The molecule has 1 aromatic rings. The standard InChI is InChI=1S/C17H27N3O17P2/c1-6(22)18-10-13(26)11(24)7(4-21)35-16(10)36-39(31,32)37-38(29,30)33-5-8-12(25)14(27)15(34-8)20-3-2-9(23)19-17(20)28/h2-3,7-8,10-16,21,24-27H,4-5H2,1H3,(H,18,22)(H,29,30)(H,31,32)(H,19,23,28)/t7-,8-,10-,11-,12-,13-,14-,15-,16-/m1/s1/i6+2. The summed E-state index contributed by atoms with van der Waals surface area (Å²) in [6, 6.07) is -0.766. The molecule has 9 N–H and O–H groups in total. The largest absolute Gasteiger partial charge is 0.483 e. The van der Waals surface area contributed by atoms with Crippen molar-refractivity contribution in [2.45, 2.75) is 62.1 Å². The molecule has 0 aromatic carbocycles. The monoisotopic (exact) mass is 609 g/mol. The lowest BCUT2D eigenvalue weighted by Crippen LogP contribution is -2.64. The molecular weight excluding hydrogens is 582 g/mol. The van der Waals surface area contributed by atoms with Crippen LogP contribution in [0.1, 0.15) is 13.2 Å². The molecule has 0 bridgehead atoms. The van der Waals surface area contributed by atoms with Gasteiger partial charge in [-0.1, -0.05) is 0 Å². The molecule has 0 saturated carbocycles. The molecule has 39 heavy (non-hydrogen) atoms. The van der Waals surface area contributed by atoms with E-state index < -0.39 is 101 Å². The summed E-state index contributed by atoms with van der Waals surface area (Å²) in [5.74, 6) is -0.796. The molecule has 0 spiro atoms. The number of hydrogen-bond acceptors (Lipinski definition) is 15. The van der Waals surface area contributed by atoms with Crippen molar-refractivity contribution >= 4 is 21.6 Å². The number of phosphoric ester groups is 2. The Labute approximate surface area is 217 Å². The molecule has 2 unspecified atom stereocenters. The van der Waals surface area contributed by atoms with E-state index in [9.17, 15) is 58.8 Å². The zero-order valence-electron chi connectivity index (χ0n) is 19.8. The number of phosphoric acid groups is 2. The van der Waals surface area contributed by atoms with Crippen molar-refractivity contribution in [2.75, 3.05) is 13.2 Å². The van der Waals surface area contributed by atoms with E-state index in [2.05, 4.69) is 18.7 Å². The van der Waals surface area contributed by atoms with Gasteiger partial charge in [-0.05, 0) is 0 Å². The summed E-state index contributed by atoms with van der Waals surface area (Å²) < 4.78 is 49.2. The van der Waals surface area contributed by atoms with Crippen LogP contribution in [-0.2, 0) is 36.8 Å². The lowest BCUT2D eigenvalue weighted by molar-refractivity contribution is -0.247. The second kappa shape index (κ2) is 12.3. The van der Waals surface area contributed by atoms with Crippen molar-refractivity contribution in [3.05, 3.63) is 33.1 Å². The molecule has 2 saturated heterocycles. The number of nitrogens with zero attached hydrogens (tertiary/aromatic N) is 1. The van der Waals surface area contributed by atoms with Gasteiger partial charge in [-0.15, -0.1) is 0 Å². The van der Waals surface area contributed by atoms with Gasteiger partial charge in [-0.2, -0.15) is 4.31 Å². The average Bonchev–Trinajstić information content (AvgIpc) is 3.10. The van der Waals surface area contributed by atoms with Gasteiger partial charge in [0.25, 0.3) is 5.56 Å². The van der Waals surface area contributed by atoms with Crippen molar-refractivity contribution < 1.29 is 72.1 Å². The van der Waals surface area contributed by atoms with Crippen molar-refractivity contribution in [2.24, 2.45) is 0 Å². The van der Waals surface area contributed by atoms with Crippen LogP contribution in [0.2, 0.25) is 0 Å². The number of aromatic nitrogens is 2. The highest BCUT2D eigenvalue weighted by atomic mass is 31.3. The Morgan fingerprint density at radius 3 is 2.28 bits per heavy atom. The van der Waals surface area contributed by atoms with Crippen molar-refractivity contribution in [1.82, 2.24) is 14.9 Å². The van der Waals surface area contributed by atoms with Gasteiger partial charge in [0.2, 0.25) is 5.91 Å². The van der Waals surface area contributed by atoms with Crippen LogP contribution in [0.5, 0.6) is 0 Å². The maximum atomic E-state index is 12.4. The normalized spacial score (nSPS) is 36.2. The molecule has 22 heteroatoms. The number of H-pyrrole nitrogens is 1. The van der Waals surface area contributed by atoms with E-state index in [1.807, 2.05) is 4.98 Å². The number of aliphatic hydroxyl groups is 5. The first-order chi connectivity index (χ1) is 18.0. The summed E-state index contributed by atoms with van der Waals surface area (Å²) in [6.07, 6.45) is -13.0. The highest BCUT2D eigenvalue weighted by Crippen LogP contribution is 2.61. The molecule has 2 aliphatic heterocycles. The Bertz CT molecular complexity index is 1240. The Hall–Kier alpha value is -1.87. The molecule has 0 aliphatic carbocycles. The first-order valence-electron chi connectivity index (χ1n) is 11.0. The number of aliphatic hydroxyl groups excluding tert-OH is 5. The molecule has 3 heterocycles. The van der Waals surface area contributed by atoms with Crippen LogP contribution >= 0.6 is 15.6 Å². The fraction of sp³-hybridized carbons (Fsp3) is 0.706. The number of carbonyl (C=O) groups is 1. The summed E-state index contributed by atoms with van der Waals surface area (Å²) in [5, 5.41) is 51.9. The van der Waals surface area contributed by atoms with Crippen LogP contribution in [0.15, 0.2) is 21.9 Å². The Morgan fingerprint density at radius 2 is 1.69 bits per heavy atom. The molecule has 2 fully saturated rings. The Kier molecular flexibility index (Phi) is 10.0. The highest BCUT2D eigenvalue weighted by molar-refractivity contribution is 7.61. The van der Waals surface area contributed by atoms with E-state index in [0.29, 0.717) is 0 Å². The predicted octanol–water partition coefficient (Wildman–Crippen LogP) is -4.65. The van der Waals surface area contributed by atoms with Gasteiger partial charge in [-0.25, -0.2) is 13.9 Å². The van der Waals surface area contributed by atoms with Gasteiger partial charge in [0.05, 0.1) is 13.2 Å². The topological polar surface area (TPSA) is 306 Å². The van der Waals surface area contributed by atoms with Crippen LogP contribution in [-0.4, -0.2) is 113 Å². The van der Waals surface area contributed by atoms with Gasteiger partial charge in [0, 0.05) is 19.2 Å². The van der Waals surface area contributed by atoms with E-state index in [4.69, 9.17) is 9.47 Å². The van der Waals surface area contributed by atoms with E-state index in [0.717, 1.165) is 23.8 Å². The lowest BCUT2D eigenvalue weighted by Gasteiger charge is -2.42. The van der Waals surface area contributed by atoms with Crippen molar-refractivity contribution in [1.29, 1.82) is 0 Å². The molecule has 20 nitrogen and oxygen atoms in total. The van der Waals surface area contributed by atoms with Crippen molar-refractivity contribution in [3.8, 4) is 0 Å². The van der Waals surface area contributed by atoms with Crippen LogP contribution in [0.25, 0.3) is 0 Å². The van der Waals surface area contributed by atoms with Crippen molar-refractivity contribution in [3.63, 3.8) is 0 Å². The lowest BCUT2D eigenvalue weighted by atomic mass is 9.98. The molecule has 0 radical (unpaired) electrons. The highest BCUT2D eigenvalue weighted by Gasteiger charge is 2.50. The third-order valence-corrected chi connectivity index (χ3v) is 8.16. The van der Waals surface area contributed by atoms with Gasteiger partial charge in [-0.3, -0.25) is 28.2 Å². The van der Waals surface area contributed by atoms with Gasteiger partial charge in [0.1, 0.15) is 42.7 Å². The van der Waals surface area contributed by atoms with E-state index >= 15 is 0 Å². The smallest absolute Gasteiger partial charge is 0.394 e. The first-order valence-corrected chi connectivity index (χ1v) is 14.0. The number of ether oxygens (including phenoxy) is 2. The van der Waals surface area contributed by atoms with E-state index in [1.54, 1.807) is 0 Å². The number of rotatable bonds is 10. The molecule has 1 amide bonds. The van der Waals surface area contributed by atoms with E-state index in [-0.39, 0.29) is 0 Å². The minimum Gasteiger partial charge on any atom is -0.394 e. The zero-order chi connectivity index (χ0) is 29.3. The van der Waals surface area contributed by atoms with Crippen LogP contribution in [0.4, 0.5) is 0 Å². The molecular formula is C17H27N3O17P2. The number of aromatic amines is 1. The molecule has 222 valence electrons. The minimum atomic E-state index is -5.63. The second-order valence-corrected chi connectivity index (χ2v) is 11.4. The number of hydrogen-bond donors (Lipinski definition) is 9. The Morgan fingerprint density at radius 1 is 1.05 bits per heavy atom. The Balaban J connectivity index is 1.66. The maximum Gasteiger partial charge on any atom is 0.483 e. The summed E-state index contributed by atoms with van der Waals surface area (Å²) in [6.45, 7) is -0.940. The molecule has 11 atom stereocenters. The van der Waals surface area contributed by atoms with Crippen LogP contribution < -0.4 is 16.6 Å². The van der Waals surface area contributed by atoms with E-state index in [1.165, 1.54) is 0 Å². The van der Waals surface area contributed by atoms with Gasteiger partial charge < -0.3 is 50.1 Å².